The van der Waals surface area contributed by atoms with Crippen LogP contribution in [0.4, 0.5) is 5.69 Å². The number of carbonyl (C=O) groups excluding carboxylic acids is 1. The Bertz CT molecular complexity index is 1040. The second-order valence-electron chi connectivity index (χ2n) is 8.26. The number of para-hydroxylation sites is 1. The molecule has 0 bridgehead atoms. The maximum absolute atomic E-state index is 13.5. The van der Waals surface area contributed by atoms with Gasteiger partial charge in [0.25, 0.3) is 0 Å². The topological polar surface area (TPSA) is 72.9 Å². The van der Waals surface area contributed by atoms with Crippen LogP contribution in [0, 0.1) is 0 Å². The van der Waals surface area contributed by atoms with Crippen molar-refractivity contribution in [1.82, 2.24) is 10.2 Å². The van der Waals surface area contributed by atoms with Crippen molar-refractivity contribution in [3.63, 3.8) is 0 Å². The molecule has 0 radical (unpaired) electrons. The lowest BCUT2D eigenvalue weighted by atomic mass is 10.0. The number of carbonyl (C=O) groups is 2. The van der Waals surface area contributed by atoms with Crippen LogP contribution in [0.5, 0.6) is 0 Å². The van der Waals surface area contributed by atoms with E-state index in [1.54, 1.807) is 0 Å². The van der Waals surface area contributed by atoms with Crippen LogP contribution in [0.1, 0.15) is 17.2 Å². The molecule has 3 aromatic rings. The maximum Gasteiger partial charge on any atom is 0.326 e. The first kappa shape index (κ1) is 22.6. The Morgan fingerprint density at radius 2 is 1.33 bits per heavy atom. The SMILES string of the molecule is O=C(O)C(Cc1ccccc1)NC(=O)C(c1ccccc1)N1CCN(c2ccccc2)CC1. The molecule has 3 aromatic carbocycles. The molecule has 170 valence electrons. The molecule has 1 heterocycles. The minimum Gasteiger partial charge on any atom is -0.480 e. The third kappa shape index (κ3) is 5.79. The number of amides is 1. The standard InChI is InChI=1S/C27H29N3O3/c31-26(28-24(27(32)33)20-21-10-4-1-5-11-21)25(22-12-6-2-7-13-22)30-18-16-29(17-19-30)23-14-8-3-9-15-23/h1-15,24-25H,16-20H2,(H,28,31)(H,32,33). The number of carboxylic acid groups (broad SMARTS) is 1. The van der Waals surface area contributed by atoms with E-state index in [-0.39, 0.29) is 12.3 Å². The van der Waals surface area contributed by atoms with Gasteiger partial charge in [0.1, 0.15) is 12.1 Å². The summed E-state index contributed by atoms with van der Waals surface area (Å²) >= 11 is 0. The van der Waals surface area contributed by atoms with Crippen LogP contribution in [-0.2, 0) is 16.0 Å². The van der Waals surface area contributed by atoms with E-state index in [1.807, 2.05) is 78.9 Å². The van der Waals surface area contributed by atoms with E-state index in [2.05, 4.69) is 27.2 Å². The van der Waals surface area contributed by atoms with Crippen LogP contribution in [0.15, 0.2) is 91.0 Å². The van der Waals surface area contributed by atoms with Crippen molar-refractivity contribution >= 4 is 17.6 Å². The zero-order valence-electron chi connectivity index (χ0n) is 18.5. The van der Waals surface area contributed by atoms with E-state index in [0.717, 1.165) is 24.2 Å². The summed E-state index contributed by atoms with van der Waals surface area (Å²) < 4.78 is 0. The Hall–Kier alpha value is -3.64. The van der Waals surface area contributed by atoms with Crippen LogP contribution in [0.2, 0.25) is 0 Å². The molecule has 2 atom stereocenters. The summed E-state index contributed by atoms with van der Waals surface area (Å²) in [5.41, 5.74) is 2.91. The van der Waals surface area contributed by atoms with Crippen molar-refractivity contribution in [2.45, 2.75) is 18.5 Å². The van der Waals surface area contributed by atoms with Crippen molar-refractivity contribution < 1.29 is 14.7 Å². The number of benzene rings is 3. The number of nitrogens with one attached hydrogen (secondary N) is 1. The first-order valence-corrected chi connectivity index (χ1v) is 11.3. The summed E-state index contributed by atoms with van der Waals surface area (Å²) in [7, 11) is 0. The average molecular weight is 444 g/mol. The van der Waals surface area contributed by atoms with Crippen molar-refractivity contribution in [2.24, 2.45) is 0 Å². The lowest BCUT2D eigenvalue weighted by Crippen LogP contribution is -2.53. The molecule has 1 fully saturated rings. The quantitative estimate of drug-likeness (QED) is 0.559. The Kier molecular flexibility index (Phi) is 7.37. The van der Waals surface area contributed by atoms with Gasteiger partial charge in [0.2, 0.25) is 5.91 Å². The summed E-state index contributed by atoms with van der Waals surface area (Å²) in [4.78, 5) is 29.9. The van der Waals surface area contributed by atoms with E-state index in [0.29, 0.717) is 13.1 Å². The van der Waals surface area contributed by atoms with Gasteiger partial charge in [-0.1, -0.05) is 78.9 Å². The van der Waals surface area contributed by atoms with Crippen molar-refractivity contribution in [2.75, 3.05) is 31.1 Å². The van der Waals surface area contributed by atoms with Gasteiger partial charge < -0.3 is 15.3 Å². The third-order valence-corrected chi connectivity index (χ3v) is 6.06. The average Bonchev–Trinajstić information content (AvgIpc) is 2.86. The Morgan fingerprint density at radius 1 is 0.788 bits per heavy atom. The van der Waals surface area contributed by atoms with Gasteiger partial charge in [-0.15, -0.1) is 0 Å². The van der Waals surface area contributed by atoms with E-state index in [4.69, 9.17) is 0 Å². The molecule has 0 aliphatic carbocycles. The largest absolute Gasteiger partial charge is 0.480 e. The predicted molar refractivity (Wildman–Crippen MR) is 129 cm³/mol. The molecule has 33 heavy (non-hydrogen) atoms. The lowest BCUT2D eigenvalue weighted by molar-refractivity contribution is -0.142. The van der Waals surface area contributed by atoms with E-state index >= 15 is 0 Å². The van der Waals surface area contributed by atoms with Crippen LogP contribution in [0.25, 0.3) is 0 Å². The van der Waals surface area contributed by atoms with E-state index in [1.165, 1.54) is 5.69 Å². The van der Waals surface area contributed by atoms with Crippen molar-refractivity contribution in [3.8, 4) is 0 Å². The molecule has 6 nitrogen and oxygen atoms in total. The Balaban J connectivity index is 1.50. The number of nitrogens with zero attached hydrogens (tertiary/aromatic N) is 2. The molecule has 1 aliphatic heterocycles. The second kappa shape index (κ2) is 10.8. The molecular formula is C27H29N3O3. The zero-order valence-corrected chi connectivity index (χ0v) is 18.5. The number of carboxylic acids is 1. The molecule has 2 unspecified atom stereocenters. The first-order chi connectivity index (χ1) is 16.1. The number of anilines is 1. The molecule has 4 rings (SSSR count). The van der Waals surface area contributed by atoms with Gasteiger partial charge in [-0.05, 0) is 23.3 Å². The predicted octanol–water partition coefficient (Wildman–Crippen LogP) is 3.36. The highest BCUT2D eigenvalue weighted by Crippen LogP contribution is 2.25. The van der Waals surface area contributed by atoms with Crippen LogP contribution in [-0.4, -0.2) is 54.1 Å². The summed E-state index contributed by atoms with van der Waals surface area (Å²) in [5.74, 6) is -1.31. The van der Waals surface area contributed by atoms with Gasteiger partial charge in [-0.3, -0.25) is 9.69 Å². The molecule has 1 saturated heterocycles. The minimum absolute atomic E-state index is 0.241. The summed E-state index contributed by atoms with van der Waals surface area (Å²) in [6.07, 6.45) is 0.241. The van der Waals surface area contributed by atoms with Gasteiger partial charge in [-0.2, -0.15) is 0 Å². The van der Waals surface area contributed by atoms with Gasteiger partial charge >= 0.3 is 5.97 Å². The smallest absolute Gasteiger partial charge is 0.326 e. The normalized spacial score (nSPS) is 16.1. The maximum atomic E-state index is 13.5. The molecule has 1 aliphatic rings. The summed E-state index contributed by atoms with van der Waals surface area (Å²) in [6.45, 7) is 3.01. The molecule has 6 heteroatoms. The molecule has 2 N–H and O–H groups in total. The fourth-order valence-electron chi connectivity index (χ4n) is 4.34. The summed E-state index contributed by atoms with van der Waals surface area (Å²) in [6, 6.07) is 27.7. The third-order valence-electron chi connectivity index (χ3n) is 6.06. The monoisotopic (exact) mass is 443 g/mol. The Labute approximate surface area is 194 Å². The molecule has 0 spiro atoms. The molecule has 1 amide bonds. The van der Waals surface area contributed by atoms with Gasteiger partial charge in [0.05, 0.1) is 0 Å². The number of hydrogen-bond donors (Lipinski definition) is 2. The number of rotatable bonds is 8. The van der Waals surface area contributed by atoms with Gasteiger partial charge in [0.15, 0.2) is 0 Å². The first-order valence-electron chi connectivity index (χ1n) is 11.3. The number of aliphatic carboxylic acids is 1. The molecule has 0 aromatic heterocycles. The van der Waals surface area contributed by atoms with Crippen LogP contribution >= 0.6 is 0 Å². The fraction of sp³-hybridized carbons (Fsp3) is 0.259. The zero-order chi connectivity index (χ0) is 23.0. The van der Waals surface area contributed by atoms with Crippen LogP contribution in [0.3, 0.4) is 0 Å². The van der Waals surface area contributed by atoms with Crippen LogP contribution < -0.4 is 10.2 Å². The highest BCUT2D eigenvalue weighted by molar-refractivity contribution is 5.88. The van der Waals surface area contributed by atoms with E-state index in [9.17, 15) is 14.7 Å². The minimum atomic E-state index is -1.03. The van der Waals surface area contributed by atoms with Crippen molar-refractivity contribution in [1.29, 1.82) is 0 Å². The van der Waals surface area contributed by atoms with Gasteiger partial charge in [-0.25, -0.2) is 4.79 Å². The summed E-state index contributed by atoms with van der Waals surface area (Å²) in [5, 5.41) is 12.6. The highest BCUT2D eigenvalue weighted by atomic mass is 16.4. The second-order valence-corrected chi connectivity index (χ2v) is 8.26. The van der Waals surface area contributed by atoms with Crippen molar-refractivity contribution in [3.05, 3.63) is 102 Å². The number of hydrogen-bond acceptors (Lipinski definition) is 4. The van der Waals surface area contributed by atoms with E-state index < -0.39 is 18.1 Å². The molecule has 0 saturated carbocycles. The lowest BCUT2D eigenvalue weighted by Gasteiger charge is -2.40. The van der Waals surface area contributed by atoms with Gasteiger partial charge in [0, 0.05) is 38.3 Å². The Morgan fingerprint density at radius 3 is 1.91 bits per heavy atom. The highest BCUT2D eigenvalue weighted by Gasteiger charge is 2.33. The number of piperazine rings is 1. The fourth-order valence-corrected chi connectivity index (χ4v) is 4.34. The molecular weight excluding hydrogens is 414 g/mol.